The van der Waals surface area contributed by atoms with Crippen LogP contribution in [0, 0.1) is 11.6 Å². The summed E-state index contributed by atoms with van der Waals surface area (Å²) >= 11 is 0. The summed E-state index contributed by atoms with van der Waals surface area (Å²) in [6.45, 7) is -0.327. The average Bonchev–Trinajstić information content (AvgIpc) is 2.99. The van der Waals surface area contributed by atoms with Crippen LogP contribution in [0.2, 0.25) is 0 Å². The number of aliphatic hydroxyl groups excluding tert-OH is 1. The summed E-state index contributed by atoms with van der Waals surface area (Å²) in [7, 11) is 0. The van der Waals surface area contributed by atoms with E-state index in [-0.39, 0.29) is 6.61 Å². The zero-order valence-electron chi connectivity index (χ0n) is 12.0. The molecule has 0 spiro atoms. The van der Waals surface area contributed by atoms with Crippen LogP contribution in [0.3, 0.4) is 0 Å². The van der Waals surface area contributed by atoms with Gasteiger partial charge in [0.05, 0.1) is 12.2 Å². The van der Waals surface area contributed by atoms with E-state index in [9.17, 15) is 13.9 Å². The summed E-state index contributed by atoms with van der Waals surface area (Å²) in [6.07, 6.45) is 3.49. The molecular weight excluding hydrogens is 300 g/mol. The van der Waals surface area contributed by atoms with Crippen LogP contribution in [0.4, 0.5) is 8.78 Å². The topological polar surface area (TPSA) is 46.3 Å². The number of aliphatic hydroxyl groups is 1. The molecule has 0 unspecified atom stereocenters. The smallest absolute Gasteiger partial charge is 0.165 e. The Morgan fingerprint density at radius 3 is 2.48 bits per heavy atom. The highest BCUT2D eigenvalue weighted by Crippen LogP contribution is 2.28. The van der Waals surface area contributed by atoms with Gasteiger partial charge in [0.1, 0.15) is 5.69 Å². The Morgan fingerprint density at radius 1 is 1.00 bits per heavy atom. The molecule has 3 nitrogen and oxygen atoms in total. The van der Waals surface area contributed by atoms with Gasteiger partial charge in [0.25, 0.3) is 0 Å². The first kappa shape index (κ1) is 15.1. The lowest BCUT2D eigenvalue weighted by Crippen LogP contribution is -1.91. The van der Waals surface area contributed by atoms with Gasteiger partial charge in [-0.15, -0.1) is 0 Å². The van der Waals surface area contributed by atoms with Gasteiger partial charge in [-0.2, -0.15) is 0 Å². The van der Waals surface area contributed by atoms with Gasteiger partial charge in [-0.05, 0) is 29.8 Å². The third kappa shape index (κ3) is 3.19. The number of hydrogen-bond donors (Lipinski definition) is 1. The van der Waals surface area contributed by atoms with Gasteiger partial charge >= 0.3 is 0 Å². The summed E-state index contributed by atoms with van der Waals surface area (Å²) in [5.74, 6) is -1.54. The molecule has 0 aliphatic rings. The molecule has 23 heavy (non-hydrogen) atoms. The van der Waals surface area contributed by atoms with E-state index in [2.05, 4.69) is 5.16 Å². The Labute approximate surface area is 131 Å². The number of aromatic nitrogens is 1. The lowest BCUT2D eigenvalue weighted by Gasteiger charge is -2.00. The van der Waals surface area contributed by atoms with E-state index in [1.165, 1.54) is 6.07 Å². The molecule has 0 fully saturated rings. The number of nitrogens with zero attached hydrogens (tertiary/aromatic N) is 1. The molecule has 0 saturated heterocycles. The van der Waals surface area contributed by atoms with Crippen LogP contribution in [0.15, 0.2) is 53.1 Å². The van der Waals surface area contributed by atoms with E-state index in [1.54, 1.807) is 6.08 Å². The van der Waals surface area contributed by atoms with Gasteiger partial charge in [-0.3, -0.25) is 0 Å². The quantitative estimate of drug-likeness (QED) is 0.782. The second-order valence-corrected chi connectivity index (χ2v) is 4.91. The lowest BCUT2D eigenvalue weighted by atomic mass is 10.1. The summed E-state index contributed by atoms with van der Waals surface area (Å²) in [6, 6.07) is 13.0. The molecule has 0 aliphatic carbocycles. The van der Waals surface area contributed by atoms with Crippen molar-refractivity contribution in [2.45, 2.75) is 6.61 Å². The highest BCUT2D eigenvalue weighted by molar-refractivity contribution is 5.73. The van der Waals surface area contributed by atoms with Crippen LogP contribution in [0.5, 0.6) is 0 Å². The van der Waals surface area contributed by atoms with Gasteiger partial charge < -0.3 is 9.63 Å². The maximum atomic E-state index is 13.4. The first-order valence-electron chi connectivity index (χ1n) is 6.97. The summed E-state index contributed by atoms with van der Waals surface area (Å²) < 4.78 is 31.6. The summed E-state index contributed by atoms with van der Waals surface area (Å²) in [5.41, 5.74) is 2.01. The number of halogens is 2. The maximum absolute atomic E-state index is 13.4. The second-order valence-electron chi connectivity index (χ2n) is 4.91. The minimum atomic E-state index is -0.976. The molecular formula is C18H13F2NO2. The second kappa shape index (κ2) is 6.54. The van der Waals surface area contributed by atoms with Crippen molar-refractivity contribution in [2.24, 2.45) is 0 Å². The molecule has 3 rings (SSSR count). The Morgan fingerprint density at radius 2 is 1.78 bits per heavy atom. The average molecular weight is 313 g/mol. The molecule has 1 aromatic heterocycles. The molecule has 116 valence electrons. The van der Waals surface area contributed by atoms with Crippen LogP contribution < -0.4 is 0 Å². The van der Waals surface area contributed by atoms with Gasteiger partial charge in [0.2, 0.25) is 0 Å². The van der Waals surface area contributed by atoms with Gasteiger partial charge in [0.15, 0.2) is 17.4 Å². The standard InChI is InChI=1S/C18H13F2NO2/c19-15-8-7-13(10-16(15)20)18-14(11-22)17(23-21-18)9-6-12-4-2-1-3-5-12/h1-10,22H,11H2/b9-6+. The highest BCUT2D eigenvalue weighted by atomic mass is 19.2. The van der Waals surface area contributed by atoms with E-state index >= 15 is 0 Å². The fourth-order valence-electron chi connectivity index (χ4n) is 2.21. The largest absolute Gasteiger partial charge is 0.391 e. The molecule has 2 aromatic carbocycles. The molecule has 1 heterocycles. The van der Waals surface area contributed by atoms with Crippen molar-refractivity contribution in [2.75, 3.05) is 0 Å². The van der Waals surface area contributed by atoms with Crippen LogP contribution in [-0.4, -0.2) is 10.3 Å². The van der Waals surface area contributed by atoms with E-state index in [0.29, 0.717) is 22.6 Å². The Balaban J connectivity index is 1.96. The molecule has 0 radical (unpaired) electrons. The molecule has 0 atom stereocenters. The first-order valence-corrected chi connectivity index (χ1v) is 6.97. The van der Waals surface area contributed by atoms with E-state index < -0.39 is 11.6 Å². The minimum absolute atomic E-state index is 0.291. The van der Waals surface area contributed by atoms with Crippen molar-refractivity contribution in [3.05, 3.63) is 77.1 Å². The predicted octanol–water partition coefficient (Wildman–Crippen LogP) is 4.28. The molecule has 0 bridgehead atoms. The maximum Gasteiger partial charge on any atom is 0.165 e. The number of rotatable bonds is 4. The van der Waals surface area contributed by atoms with Gasteiger partial charge in [0, 0.05) is 5.56 Å². The van der Waals surface area contributed by atoms with Crippen molar-refractivity contribution in [1.82, 2.24) is 5.16 Å². The van der Waals surface area contributed by atoms with Crippen LogP contribution >= 0.6 is 0 Å². The van der Waals surface area contributed by atoms with Crippen molar-refractivity contribution in [1.29, 1.82) is 0 Å². The van der Waals surface area contributed by atoms with E-state index in [4.69, 9.17) is 4.52 Å². The van der Waals surface area contributed by atoms with Crippen LogP contribution in [0.1, 0.15) is 16.9 Å². The predicted molar refractivity (Wildman–Crippen MR) is 83.1 cm³/mol. The SMILES string of the molecule is OCc1c(-c2ccc(F)c(F)c2)noc1/C=C/c1ccccc1. The lowest BCUT2D eigenvalue weighted by molar-refractivity contribution is 0.280. The Bertz CT molecular complexity index is 841. The van der Waals surface area contributed by atoms with Crippen LogP contribution in [0.25, 0.3) is 23.4 Å². The molecule has 5 heteroatoms. The van der Waals surface area contributed by atoms with Gasteiger partial charge in [-0.25, -0.2) is 8.78 Å². The van der Waals surface area contributed by atoms with E-state index in [1.807, 2.05) is 36.4 Å². The normalized spacial score (nSPS) is 11.3. The van der Waals surface area contributed by atoms with Crippen LogP contribution in [-0.2, 0) is 6.61 Å². The fourth-order valence-corrected chi connectivity index (χ4v) is 2.21. The third-order valence-electron chi connectivity index (χ3n) is 3.40. The van der Waals surface area contributed by atoms with Gasteiger partial charge in [-0.1, -0.05) is 41.6 Å². The molecule has 1 N–H and O–H groups in total. The molecule has 0 saturated carbocycles. The number of benzene rings is 2. The Kier molecular flexibility index (Phi) is 4.30. The summed E-state index contributed by atoms with van der Waals surface area (Å²) in [5, 5.41) is 13.4. The Hall–Kier alpha value is -2.79. The zero-order valence-corrected chi connectivity index (χ0v) is 12.0. The zero-order chi connectivity index (χ0) is 16.2. The highest BCUT2D eigenvalue weighted by Gasteiger charge is 2.16. The summed E-state index contributed by atoms with van der Waals surface area (Å²) in [4.78, 5) is 0. The molecule has 0 aliphatic heterocycles. The molecule has 0 amide bonds. The monoisotopic (exact) mass is 313 g/mol. The third-order valence-corrected chi connectivity index (χ3v) is 3.40. The van der Waals surface area contributed by atoms with Crippen molar-refractivity contribution in [3.63, 3.8) is 0 Å². The first-order chi connectivity index (χ1) is 11.2. The van der Waals surface area contributed by atoms with Crippen molar-refractivity contribution in [3.8, 4) is 11.3 Å². The van der Waals surface area contributed by atoms with E-state index in [0.717, 1.165) is 17.7 Å². The van der Waals surface area contributed by atoms with Crippen molar-refractivity contribution >= 4 is 12.2 Å². The fraction of sp³-hybridized carbons (Fsp3) is 0.0556. The number of hydrogen-bond acceptors (Lipinski definition) is 3. The minimum Gasteiger partial charge on any atom is -0.391 e. The van der Waals surface area contributed by atoms with Crippen molar-refractivity contribution < 1.29 is 18.4 Å². The molecule has 3 aromatic rings.